The van der Waals surface area contributed by atoms with Crippen molar-refractivity contribution in [1.82, 2.24) is 0 Å². The van der Waals surface area contributed by atoms with Gasteiger partial charge in [0.2, 0.25) is 0 Å². The molecule has 1 aromatic rings. The van der Waals surface area contributed by atoms with E-state index >= 15 is 0 Å². The van der Waals surface area contributed by atoms with Crippen LogP contribution in [-0.4, -0.2) is 16.3 Å². The maximum Gasteiger partial charge on any atom is 0.316 e. The average molecular weight is 260 g/mol. The van der Waals surface area contributed by atoms with E-state index in [0.29, 0.717) is 11.3 Å². The van der Waals surface area contributed by atoms with Crippen LogP contribution in [0.2, 0.25) is 0 Å². The number of thioether (sulfide) groups is 1. The second kappa shape index (κ2) is 6.59. The maximum atomic E-state index is 12.9. The Hall–Kier alpha value is -1.10. The smallest absolute Gasteiger partial charge is 0.316 e. The van der Waals surface area contributed by atoms with Gasteiger partial charge in [-0.2, -0.15) is 0 Å². The Morgan fingerprint density at radius 2 is 2.12 bits per heavy atom. The number of carboxylic acids is 1. The van der Waals surface area contributed by atoms with Crippen molar-refractivity contribution < 1.29 is 18.7 Å². The largest absolute Gasteiger partial charge is 0.480 e. The maximum absolute atomic E-state index is 12.9. The van der Waals surface area contributed by atoms with E-state index in [1.165, 1.54) is 6.07 Å². The Bertz CT molecular complexity index is 396. The summed E-state index contributed by atoms with van der Waals surface area (Å²) < 4.78 is 25.6. The highest BCUT2D eigenvalue weighted by molar-refractivity contribution is 8.00. The minimum Gasteiger partial charge on any atom is -0.480 e. The molecular formula is C12H14F2O2S. The van der Waals surface area contributed by atoms with Gasteiger partial charge in [0.25, 0.3) is 0 Å². The summed E-state index contributed by atoms with van der Waals surface area (Å²) in [6.45, 7) is 1.97. The van der Waals surface area contributed by atoms with Gasteiger partial charge in [-0.3, -0.25) is 4.79 Å². The predicted octanol–water partition coefficient (Wildman–Crippen LogP) is 3.70. The molecule has 1 unspecified atom stereocenters. The van der Waals surface area contributed by atoms with E-state index in [1.54, 1.807) is 0 Å². The van der Waals surface area contributed by atoms with E-state index < -0.39 is 22.9 Å². The van der Waals surface area contributed by atoms with E-state index in [9.17, 15) is 13.6 Å². The number of halogens is 2. The quantitative estimate of drug-likeness (QED) is 0.792. The van der Waals surface area contributed by atoms with E-state index in [0.717, 1.165) is 36.7 Å². The van der Waals surface area contributed by atoms with Gasteiger partial charge in [-0.25, -0.2) is 8.78 Å². The highest BCUT2D eigenvalue weighted by Gasteiger charge is 2.18. The molecule has 1 aromatic carbocycles. The molecule has 0 aliphatic carbocycles. The van der Waals surface area contributed by atoms with Gasteiger partial charge < -0.3 is 5.11 Å². The topological polar surface area (TPSA) is 37.3 Å². The van der Waals surface area contributed by atoms with Crippen LogP contribution in [0.4, 0.5) is 8.78 Å². The van der Waals surface area contributed by atoms with E-state index in [2.05, 4.69) is 0 Å². The van der Waals surface area contributed by atoms with Crippen LogP contribution in [0.15, 0.2) is 23.1 Å². The number of rotatable bonds is 6. The normalized spacial score (nSPS) is 12.4. The molecule has 1 atom stereocenters. The first-order valence-electron chi connectivity index (χ1n) is 5.39. The second-order valence-corrected chi connectivity index (χ2v) is 4.94. The molecule has 1 N–H and O–H groups in total. The fraction of sp³-hybridized carbons (Fsp3) is 0.417. The lowest BCUT2D eigenvalue weighted by atomic mass is 10.2. The van der Waals surface area contributed by atoms with E-state index in [4.69, 9.17) is 5.11 Å². The number of benzene rings is 1. The molecule has 2 nitrogen and oxygen atoms in total. The standard InChI is InChI=1S/C12H14F2O2S/c1-2-3-4-11(12(15)16)17-8-5-6-9(13)10(14)7-8/h5-7,11H,2-4H2,1H3,(H,15,16). The van der Waals surface area contributed by atoms with Crippen molar-refractivity contribution in [3.8, 4) is 0 Å². The monoisotopic (exact) mass is 260 g/mol. The first kappa shape index (κ1) is 14.0. The van der Waals surface area contributed by atoms with Gasteiger partial charge >= 0.3 is 5.97 Å². The molecule has 0 bridgehead atoms. The van der Waals surface area contributed by atoms with Crippen LogP contribution in [0.1, 0.15) is 26.2 Å². The molecule has 5 heteroatoms. The Balaban J connectivity index is 2.71. The van der Waals surface area contributed by atoms with Crippen LogP contribution in [0.25, 0.3) is 0 Å². The van der Waals surface area contributed by atoms with Crippen LogP contribution in [0, 0.1) is 11.6 Å². The van der Waals surface area contributed by atoms with Gasteiger partial charge in [0.05, 0.1) is 0 Å². The second-order valence-electron chi connectivity index (χ2n) is 3.66. The SMILES string of the molecule is CCCCC(Sc1ccc(F)c(F)c1)C(=O)O. The third kappa shape index (κ3) is 4.34. The minimum absolute atomic E-state index is 0.437. The van der Waals surface area contributed by atoms with Crippen molar-refractivity contribution in [2.75, 3.05) is 0 Å². The van der Waals surface area contributed by atoms with Crippen molar-refractivity contribution in [2.45, 2.75) is 36.3 Å². The summed E-state index contributed by atoms with van der Waals surface area (Å²) >= 11 is 1.05. The van der Waals surface area contributed by atoms with Gasteiger partial charge in [0.1, 0.15) is 5.25 Å². The minimum atomic E-state index is -0.949. The van der Waals surface area contributed by atoms with Crippen LogP contribution in [0.3, 0.4) is 0 Å². The molecule has 0 aliphatic heterocycles. The van der Waals surface area contributed by atoms with Crippen molar-refractivity contribution in [3.05, 3.63) is 29.8 Å². The summed E-state index contributed by atoms with van der Waals surface area (Å²) in [5, 5.41) is 8.39. The van der Waals surface area contributed by atoms with Crippen molar-refractivity contribution in [1.29, 1.82) is 0 Å². The lowest BCUT2D eigenvalue weighted by molar-refractivity contribution is -0.136. The Kier molecular flexibility index (Phi) is 5.41. The number of carboxylic acid groups (broad SMARTS) is 1. The average Bonchev–Trinajstić information content (AvgIpc) is 2.28. The molecule has 0 saturated carbocycles. The molecule has 1 rings (SSSR count). The van der Waals surface area contributed by atoms with Gasteiger partial charge in [-0.15, -0.1) is 11.8 Å². The number of aliphatic carboxylic acids is 1. The molecule has 0 radical (unpaired) electrons. The molecular weight excluding hydrogens is 246 g/mol. The fourth-order valence-electron chi connectivity index (χ4n) is 1.34. The zero-order valence-corrected chi connectivity index (χ0v) is 10.3. The highest BCUT2D eigenvalue weighted by atomic mass is 32.2. The Morgan fingerprint density at radius 3 is 2.65 bits per heavy atom. The summed E-state index contributed by atoms with van der Waals surface area (Å²) in [5.41, 5.74) is 0. The van der Waals surface area contributed by atoms with Crippen LogP contribution in [0.5, 0.6) is 0 Å². The van der Waals surface area contributed by atoms with Crippen molar-refractivity contribution >= 4 is 17.7 Å². The van der Waals surface area contributed by atoms with Gasteiger partial charge in [0, 0.05) is 4.90 Å². The zero-order chi connectivity index (χ0) is 12.8. The van der Waals surface area contributed by atoms with Crippen molar-refractivity contribution in [2.24, 2.45) is 0 Å². The van der Waals surface area contributed by atoms with Crippen molar-refractivity contribution in [3.63, 3.8) is 0 Å². The Labute approximate surface area is 103 Å². The third-order valence-corrected chi connectivity index (χ3v) is 3.51. The van der Waals surface area contributed by atoms with E-state index in [-0.39, 0.29) is 0 Å². The summed E-state index contributed by atoms with van der Waals surface area (Å²) in [6.07, 6.45) is 2.23. The number of hydrogen-bond acceptors (Lipinski definition) is 2. The zero-order valence-electron chi connectivity index (χ0n) is 9.45. The molecule has 0 saturated heterocycles. The van der Waals surface area contributed by atoms with Gasteiger partial charge in [-0.05, 0) is 24.6 Å². The molecule has 94 valence electrons. The molecule has 0 fully saturated rings. The lowest BCUT2D eigenvalue weighted by Crippen LogP contribution is -2.16. The third-order valence-electron chi connectivity index (χ3n) is 2.26. The van der Waals surface area contributed by atoms with Crippen LogP contribution in [-0.2, 0) is 4.79 Å². The first-order chi connectivity index (χ1) is 8.04. The number of carbonyl (C=O) groups is 1. The Morgan fingerprint density at radius 1 is 1.41 bits per heavy atom. The van der Waals surface area contributed by atoms with Gasteiger partial charge in [-0.1, -0.05) is 19.8 Å². The predicted molar refractivity (Wildman–Crippen MR) is 63.2 cm³/mol. The summed E-state index contributed by atoms with van der Waals surface area (Å²) in [5.74, 6) is -2.79. The molecule has 0 aromatic heterocycles. The molecule has 0 spiro atoms. The summed E-state index contributed by atoms with van der Waals surface area (Å²) in [6, 6.07) is 3.43. The summed E-state index contributed by atoms with van der Waals surface area (Å²) in [4.78, 5) is 11.4. The van der Waals surface area contributed by atoms with Crippen LogP contribution < -0.4 is 0 Å². The molecule has 0 heterocycles. The number of hydrogen-bond donors (Lipinski definition) is 1. The number of unbranched alkanes of at least 4 members (excludes halogenated alkanes) is 1. The molecule has 17 heavy (non-hydrogen) atoms. The molecule has 0 aliphatic rings. The summed E-state index contributed by atoms with van der Waals surface area (Å²) in [7, 11) is 0. The molecule has 0 amide bonds. The highest BCUT2D eigenvalue weighted by Crippen LogP contribution is 2.28. The van der Waals surface area contributed by atoms with Crippen LogP contribution >= 0.6 is 11.8 Å². The van der Waals surface area contributed by atoms with Gasteiger partial charge in [0.15, 0.2) is 11.6 Å². The van der Waals surface area contributed by atoms with E-state index in [1.807, 2.05) is 6.92 Å². The fourth-order valence-corrected chi connectivity index (χ4v) is 2.37. The lowest BCUT2D eigenvalue weighted by Gasteiger charge is -2.11. The first-order valence-corrected chi connectivity index (χ1v) is 6.27.